The van der Waals surface area contributed by atoms with E-state index in [1.165, 1.54) is 0 Å². The lowest BCUT2D eigenvalue weighted by Gasteiger charge is -2.29. The van der Waals surface area contributed by atoms with E-state index in [1.54, 1.807) is 0 Å². The normalized spacial score (nSPS) is 13.1. The lowest BCUT2D eigenvalue weighted by Crippen LogP contribution is -2.55. The lowest BCUT2D eigenvalue weighted by molar-refractivity contribution is -0.310. The molecular formula is C8H8F6O3. The molecule has 0 atom stereocenters. The fourth-order valence-corrected chi connectivity index (χ4v) is 0.663. The summed E-state index contributed by atoms with van der Waals surface area (Å²) in [6.45, 7) is 0.242. The highest BCUT2D eigenvalue weighted by molar-refractivity contribution is 5.60. The van der Waals surface area contributed by atoms with E-state index < -0.39 is 30.5 Å². The number of alkyl halides is 6. The molecule has 0 radical (unpaired) electrons. The first kappa shape index (κ1) is 15.6. The van der Waals surface area contributed by atoms with Crippen molar-refractivity contribution >= 4 is 6.16 Å². The zero-order valence-electron chi connectivity index (χ0n) is 8.48. The van der Waals surface area contributed by atoms with Crippen molar-refractivity contribution in [2.24, 2.45) is 0 Å². The highest BCUT2D eigenvalue weighted by atomic mass is 19.3. The minimum absolute atomic E-state index is 0.372. The van der Waals surface area contributed by atoms with Crippen molar-refractivity contribution in [2.75, 3.05) is 6.61 Å². The van der Waals surface area contributed by atoms with Gasteiger partial charge >= 0.3 is 23.9 Å². The summed E-state index contributed by atoms with van der Waals surface area (Å²) >= 11 is 0. The molecule has 0 aromatic carbocycles. The first-order chi connectivity index (χ1) is 7.45. The molecule has 0 aliphatic heterocycles. The molecule has 100 valence electrons. The third kappa shape index (κ3) is 3.53. The Morgan fingerprint density at radius 3 is 2.06 bits per heavy atom. The predicted molar refractivity (Wildman–Crippen MR) is 43.1 cm³/mol. The second kappa shape index (κ2) is 4.84. The van der Waals surface area contributed by atoms with Gasteiger partial charge in [0.2, 0.25) is 0 Å². The monoisotopic (exact) mass is 266 g/mol. The van der Waals surface area contributed by atoms with E-state index in [1.807, 2.05) is 0 Å². The molecule has 0 saturated heterocycles. The summed E-state index contributed by atoms with van der Waals surface area (Å²) in [5, 5.41) is 0. The van der Waals surface area contributed by atoms with E-state index in [9.17, 15) is 31.1 Å². The summed E-state index contributed by atoms with van der Waals surface area (Å²) in [4.78, 5) is 10.4. The Morgan fingerprint density at radius 2 is 1.71 bits per heavy atom. The third-order valence-corrected chi connectivity index (χ3v) is 1.56. The number of ether oxygens (including phenoxy) is 2. The second-order valence-electron chi connectivity index (χ2n) is 2.99. The molecule has 0 amide bonds. The zero-order valence-corrected chi connectivity index (χ0v) is 8.48. The molecule has 0 N–H and O–H groups in total. The topological polar surface area (TPSA) is 35.5 Å². The molecule has 0 aliphatic carbocycles. The van der Waals surface area contributed by atoms with Gasteiger partial charge in [0.15, 0.2) is 6.61 Å². The van der Waals surface area contributed by atoms with Gasteiger partial charge in [0.1, 0.15) is 0 Å². The van der Waals surface area contributed by atoms with Crippen LogP contribution in [0.1, 0.15) is 6.92 Å². The van der Waals surface area contributed by atoms with Crippen LogP contribution in [0, 0.1) is 0 Å². The first-order valence-corrected chi connectivity index (χ1v) is 4.03. The average molecular weight is 266 g/mol. The molecule has 0 saturated carbocycles. The summed E-state index contributed by atoms with van der Waals surface area (Å²) in [6.07, 6.45) is -1.26. The largest absolute Gasteiger partial charge is 0.513 e. The highest BCUT2D eigenvalue weighted by Crippen LogP contribution is 2.45. The van der Waals surface area contributed by atoms with Gasteiger partial charge in [0, 0.05) is 6.92 Å². The maximum Gasteiger partial charge on any atom is 0.513 e. The van der Waals surface area contributed by atoms with Gasteiger partial charge in [0.05, 0.1) is 6.26 Å². The van der Waals surface area contributed by atoms with Gasteiger partial charge in [-0.2, -0.15) is 26.3 Å². The summed E-state index contributed by atoms with van der Waals surface area (Å²) in [7, 11) is 0. The Kier molecular flexibility index (Phi) is 4.44. The van der Waals surface area contributed by atoms with E-state index in [-0.39, 0.29) is 6.92 Å². The molecule has 0 bridgehead atoms. The Hall–Kier alpha value is -1.41. The number of hydrogen-bond acceptors (Lipinski definition) is 3. The number of rotatable bonds is 5. The van der Waals surface area contributed by atoms with Crippen LogP contribution in [0.3, 0.4) is 0 Å². The van der Waals surface area contributed by atoms with Crippen molar-refractivity contribution in [3.63, 3.8) is 0 Å². The van der Waals surface area contributed by atoms with Gasteiger partial charge in [-0.25, -0.2) is 4.79 Å². The molecule has 0 rings (SSSR count). The number of carbonyl (C=O) groups excluding carboxylic acids is 1. The van der Waals surface area contributed by atoms with Gasteiger partial charge in [-0.3, -0.25) is 0 Å². The third-order valence-electron chi connectivity index (χ3n) is 1.56. The van der Waals surface area contributed by atoms with E-state index in [2.05, 4.69) is 16.1 Å². The van der Waals surface area contributed by atoms with Crippen LogP contribution >= 0.6 is 0 Å². The van der Waals surface area contributed by atoms with E-state index in [0.717, 1.165) is 0 Å². The fraction of sp³-hybridized carbons (Fsp3) is 0.625. The molecule has 0 aliphatic rings. The summed E-state index contributed by atoms with van der Waals surface area (Å²) in [5.41, 5.74) is 0. The molecule has 0 fully saturated rings. The molecule has 0 heterocycles. The van der Waals surface area contributed by atoms with Crippen LogP contribution in [0.2, 0.25) is 0 Å². The summed E-state index contributed by atoms with van der Waals surface area (Å²) in [5.74, 6) is -15.9. The minimum Gasteiger partial charge on any atom is -0.427 e. The summed E-state index contributed by atoms with van der Waals surface area (Å²) in [6, 6.07) is 0. The first-order valence-electron chi connectivity index (χ1n) is 4.03. The van der Waals surface area contributed by atoms with Crippen LogP contribution < -0.4 is 0 Å². The van der Waals surface area contributed by atoms with Crippen LogP contribution in [0.5, 0.6) is 0 Å². The van der Waals surface area contributed by atoms with Crippen LogP contribution in [0.4, 0.5) is 31.1 Å². The second-order valence-corrected chi connectivity index (χ2v) is 2.99. The SMILES string of the molecule is C=COC(=O)OCC(F)(F)C(F)(F)C(C)(F)F. The Bertz CT molecular complexity index is 296. The van der Waals surface area contributed by atoms with Crippen LogP contribution in [-0.4, -0.2) is 30.5 Å². The lowest BCUT2D eigenvalue weighted by atomic mass is 10.1. The number of carbonyl (C=O) groups is 1. The fourth-order valence-electron chi connectivity index (χ4n) is 0.663. The van der Waals surface area contributed by atoms with E-state index in [0.29, 0.717) is 6.26 Å². The van der Waals surface area contributed by atoms with E-state index >= 15 is 0 Å². The molecule has 0 unspecified atom stereocenters. The van der Waals surface area contributed by atoms with Crippen molar-refractivity contribution in [2.45, 2.75) is 24.7 Å². The molecule has 17 heavy (non-hydrogen) atoms. The van der Waals surface area contributed by atoms with E-state index in [4.69, 9.17) is 0 Å². The molecule has 0 spiro atoms. The Labute approximate surface area is 92.0 Å². The predicted octanol–water partition coefficient (Wildman–Crippen LogP) is 3.21. The quantitative estimate of drug-likeness (QED) is 0.435. The maximum atomic E-state index is 12.7. The van der Waals surface area contributed by atoms with Crippen LogP contribution in [-0.2, 0) is 9.47 Å². The Balaban J connectivity index is 4.68. The Morgan fingerprint density at radius 1 is 1.24 bits per heavy atom. The molecule has 0 aromatic heterocycles. The van der Waals surface area contributed by atoms with Crippen molar-refractivity contribution < 1.29 is 40.6 Å². The van der Waals surface area contributed by atoms with Gasteiger partial charge in [-0.05, 0) is 0 Å². The zero-order chi connectivity index (χ0) is 13.9. The molecule has 9 heteroatoms. The highest BCUT2D eigenvalue weighted by Gasteiger charge is 2.69. The minimum atomic E-state index is -5.66. The molecule has 0 aromatic rings. The molecule has 3 nitrogen and oxygen atoms in total. The standard InChI is InChI=1S/C8H8F6O3/c1-3-16-5(15)17-4-7(11,12)8(13,14)6(2,9)10/h3H,1,4H2,2H3. The number of halogens is 6. The van der Waals surface area contributed by atoms with Gasteiger partial charge in [0.25, 0.3) is 0 Å². The number of hydrogen-bond donors (Lipinski definition) is 0. The van der Waals surface area contributed by atoms with Crippen molar-refractivity contribution in [3.05, 3.63) is 12.8 Å². The molecular weight excluding hydrogens is 258 g/mol. The van der Waals surface area contributed by atoms with Crippen LogP contribution in [0.25, 0.3) is 0 Å². The van der Waals surface area contributed by atoms with Crippen molar-refractivity contribution in [3.8, 4) is 0 Å². The van der Waals surface area contributed by atoms with Crippen LogP contribution in [0.15, 0.2) is 12.8 Å². The summed E-state index contributed by atoms with van der Waals surface area (Å²) < 4.78 is 82.4. The van der Waals surface area contributed by atoms with Crippen molar-refractivity contribution in [1.29, 1.82) is 0 Å². The van der Waals surface area contributed by atoms with Gasteiger partial charge in [-0.15, -0.1) is 0 Å². The van der Waals surface area contributed by atoms with Gasteiger partial charge < -0.3 is 9.47 Å². The average Bonchev–Trinajstić information content (AvgIpc) is 2.13. The van der Waals surface area contributed by atoms with Crippen molar-refractivity contribution in [1.82, 2.24) is 0 Å². The maximum absolute atomic E-state index is 12.7. The van der Waals surface area contributed by atoms with Gasteiger partial charge in [-0.1, -0.05) is 6.58 Å². The smallest absolute Gasteiger partial charge is 0.427 e.